The van der Waals surface area contributed by atoms with Crippen LogP contribution in [0.1, 0.15) is 52.7 Å². The van der Waals surface area contributed by atoms with Crippen molar-refractivity contribution < 1.29 is 5.11 Å². The Labute approximate surface area is 236 Å². The normalized spacial score (nSPS) is 12.6. The number of rotatable bonds is 3. The van der Waals surface area contributed by atoms with Crippen LogP contribution in [0.3, 0.4) is 0 Å². The number of hydrogen-bond donors (Lipinski definition) is 1. The zero-order valence-corrected chi connectivity index (χ0v) is 25.8. The minimum absolute atomic E-state index is 0.0994. The highest BCUT2D eigenvalue weighted by Crippen LogP contribution is 2.42. The standard InChI is InChI=1S/C28H27Br2N3OS2/c1-27(2,3)15-13-18(28(4,5)6)26(34)19(14-15)33-31-24-16(20-9-11-22(29)35-20)7-8-17(25(24)32-33)21-10-12-23(30)36-21/h7-14,34H,1-6H3. The maximum Gasteiger partial charge on any atom is 0.146 e. The van der Waals surface area contributed by atoms with Crippen LogP contribution in [0.5, 0.6) is 5.75 Å². The third-order valence-corrected chi connectivity index (χ3v) is 9.51. The number of aromatic hydroxyl groups is 1. The summed E-state index contributed by atoms with van der Waals surface area (Å²) >= 11 is 10.5. The van der Waals surface area contributed by atoms with E-state index in [0.29, 0.717) is 5.69 Å². The summed E-state index contributed by atoms with van der Waals surface area (Å²) in [4.78, 5) is 3.84. The summed E-state index contributed by atoms with van der Waals surface area (Å²) in [5, 5.41) is 21.5. The highest BCUT2D eigenvalue weighted by molar-refractivity contribution is 9.11. The largest absolute Gasteiger partial charge is 0.505 e. The molecule has 3 heterocycles. The van der Waals surface area contributed by atoms with Gasteiger partial charge in [-0.3, -0.25) is 0 Å². The molecule has 0 amide bonds. The summed E-state index contributed by atoms with van der Waals surface area (Å²) in [6.07, 6.45) is 0. The van der Waals surface area contributed by atoms with Crippen molar-refractivity contribution in [2.45, 2.75) is 52.4 Å². The van der Waals surface area contributed by atoms with Crippen molar-refractivity contribution in [1.82, 2.24) is 15.0 Å². The molecule has 0 fully saturated rings. The second-order valence-electron chi connectivity index (χ2n) is 10.9. The van der Waals surface area contributed by atoms with Gasteiger partial charge in [-0.15, -0.1) is 37.7 Å². The fraction of sp³-hybridized carbons (Fsp3) is 0.286. The van der Waals surface area contributed by atoms with E-state index >= 15 is 0 Å². The molecule has 0 saturated carbocycles. The minimum Gasteiger partial charge on any atom is -0.505 e. The predicted octanol–water partition coefficient (Wildman–Crippen LogP) is 9.70. The zero-order valence-electron chi connectivity index (χ0n) is 21.0. The summed E-state index contributed by atoms with van der Waals surface area (Å²) in [6.45, 7) is 12.9. The number of fused-ring (bicyclic) bond motifs is 1. The topological polar surface area (TPSA) is 50.9 Å². The highest BCUT2D eigenvalue weighted by atomic mass is 79.9. The summed E-state index contributed by atoms with van der Waals surface area (Å²) in [6, 6.07) is 16.7. The van der Waals surface area contributed by atoms with Gasteiger partial charge in [-0.2, -0.15) is 0 Å². The number of aromatic nitrogens is 3. The monoisotopic (exact) mass is 643 g/mol. The third-order valence-electron chi connectivity index (χ3n) is 6.20. The van der Waals surface area contributed by atoms with Gasteiger partial charge in [-0.05, 0) is 78.6 Å². The minimum atomic E-state index is -0.241. The predicted molar refractivity (Wildman–Crippen MR) is 160 cm³/mol. The smallest absolute Gasteiger partial charge is 0.146 e. The lowest BCUT2D eigenvalue weighted by Gasteiger charge is -2.27. The average molecular weight is 645 g/mol. The molecule has 3 aromatic heterocycles. The van der Waals surface area contributed by atoms with Gasteiger partial charge in [0.25, 0.3) is 0 Å². The summed E-state index contributed by atoms with van der Waals surface area (Å²) in [5.41, 5.74) is 5.94. The third kappa shape index (κ3) is 4.69. The fourth-order valence-electron chi connectivity index (χ4n) is 4.19. The van der Waals surface area contributed by atoms with Crippen LogP contribution in [0, 0.1) is 0 Å². The van der Waals surface area contributed by atoms with Gasteiger partial charge >= 0.3 is 0 Å². The Kier molecular flexibility index (Phi) is 6.47. The van der Waals surface area contributed by atoms with E-state index in [-0.39, 0.29) is 16.6 Å². The first-order valence-corrected chi connectivity index (χ1v) is 14.8. The van der Waals surface area contributed by atoms with Crippen molar-refractivity contribution in [3.63, 3.8) is 0 Å². The SMILES string of the molecule is CC(C)(C)c1cc(-n2nc3c(-c4ccc(Br)s4)ccc(-c4ccc(Br)s4)c3n2)c(O)c(C(C)(C)C)c1. The Morgan fingerprint density at radius 1 is 0.722 bits per heavy atom. The Morgan fingerprint density at radius 2 is 1.22 bits per heavy atom. The maximum atomic E-state index is 11.5. The fourth-order valence-corrected chi connectivity index (χ4v) is 7.02. The average Bonchev–Trinajstić information content (AvgIpc) is 3.51. The molecule has 8 heteroatoms. The van der Waals surface area contributed by atoms with Gasteiger partial charge in [-0.25, -0.2) is 0 Å². The van der Waals surface area contributed by atoms with Gasteiger partial charge < -0.3 is 5.11 Å². The molecule has 0 atom stereocenters. The molecule has 2 aromatic carbocycles. The van der Waals surface area contributed by atoms with Gasteiger partial charge in [-0.1, -0.05) is 59.7 Å². The van der Waals surface area contributed by atoms with Crippen LogP contribution >= 0.6 is 54.5 Å². The number of thiophene rings is 2. The van der Waals surface area contributed by atoms with E-state index in [1.54, 1.807) is 27.5 Å². The molecule has 0 unspecified atom stereocenters. The van der Waals surface area contributed by atoms with Crippen LogP contribution < -0.4 is 0 Å². The lowest BCUT2D eigenvalue weighted by molar-refractivity contribution is 0.438. The van der Waals surface area contributed by atoms with Crippen LogP contribution in [0.2, 0.25) is 0 Å². The first kappa shape index (κ1) is 25.6. The number of halogens is 2. The molecule has 4 nitrogen and oxygen atoms in total. The molecule has 36 heavy (non-hydrogen) atoms. The molecule has 0 saturated heterocycles. The van der Waals surface area contributed by atoms with Crippen LogP contribution in [0.25, 0.3) is 37.6 Å². The summed E-state index contributed by atoms with van der Waals surface area (Å²) in [7, 11) is 0. The van der Waals surface area contributed by atoms with Crippen LogP contribution in [0.4, 0.5) is 0 Å². The first-order valence-electron chi connectivity index (χ1n) is 11.6. The van der Waals surface area contributed by atoms with Crippen LogP contribution in [0.15, 0.2) is 56.1 Å². The van der Waals surface area contributed by atoms with E-state index in [4.69, 9.17) is 10.2 Å². The Balaban J connectivity index is 1.82. The molecule has 0 aliphatic carbocycles. The van der Waals surface area contributed by atoms with Crippen molar-refractivity contribution in [3.05, 3.63) is 67.2 Å². The van der Waals surface area contributed by atoms with Gasteiger partial charge in [0.15, 0.2) is 0 Å². The summed E-state index contributed by atoms with van der Waals surface area (Å²) < 4.78 is 2.13. The van der Waals surface area contributed by atoms with Crippen LogP contribution in [-0.2, 0) is 10.8 Å². The van der Waals surface area contributed by atoms with Crippen molar-refractivity contribution in [1.29, 1.82) is 0 Å². The first-order chi connectivity index (χ1) is 16.8. The Bertz CT molecular complexity index is 1520. The van der Waals surface area contributed by atoms with E-state index in [9.17, 15) is 5.11 Å². The molecule has 0 radical (unpaired) electrons. The van der Waals surface area contributed by atoms with E-state index in [0.717, 1.165) is 50.6 Å². The second kappa shape index (κ2) is 9.08. The maximum absolute atomic E-state index is 11.5. The van der Waals surface area contributed by atoms with Crippen molar-refractivity contribution in [2.75, 3.05) is 0 Å². The molecule has 0 aliphatic heterocycles. The van der Waals surface area contributed by atoms with Gasteiger partial charge in [0.2, 0.25) is 0 Å². The Hall–Kier alpha value is -2.00. The van der Waals surface area contributed by atoms with Crippen LogP contribution in [-0.4, -0.2) is 20.1 Å². The quantitative estimate of drug-likeness (QED) is 0.213. The van der Waals surface area contributed by atoms with E-state index in [2.05, 4.69) is 116 Å². The number of phenols is 1. The molecule has 5 aromatic rings. The molecule has 1 N–H and O–H groups in total. The highest BCUT2D eigenvalue weighted by Gasteiger charge is 2.27. The van der Waals surface area contributed by atoms with E-state index in [1.165, 1.54) is 0 Å². The zero-order chi connectivity index (χ0) is 26.0. The lowest BCUT2D eigenvalue weighted by atomic mass is 9.80. The van der Waals surface area contributed by atoms with Gasteiger partial charge in [0.05, 0.1) is 7.57 Å². The number of phenolic OH excluding ortho intramolecular Hbond substituents is 1. The van der Waals surface area contributed by atoms with Gasteiger partial charge in [0.1, 0.15) is 22.5 Å². The molecule has 186 valence electrons. The molecule has 0 bridgehead atoms. The van der Waals surface area contributed by atoms with Crippen molar-refractivity contribution in [3.8, 4) is 32.3 Å². The number of nitrogens with zero attached hydrogens (tertiary/aromatic N) is 3. The summed E-state index contributed by atoms with van der Waals surface area (Å²) in [5.74, 6) is 0.219. The number of hydrogen-bond acceptors (Lipinski definition) is 5. The number of benzene rings is 2. The van der Waals surface area contributed by atoms with Gasteiger partial charge in [0, 0.05) is 26.4 Å². The van der Waals surface area contributed by atoms with Crippen molar-refractivity contribution in [2.24, 2.45) is 0 Å². The van der Waals surface area contributed by atoms with E-state index < -0.39 is 0 Å². The molecular weight excluding hydrogens is 618 g/mol. The molecule has 5 rings (SSSR count). The molecular formula is C28H27Br2N3OS2. The Morgan fingerprint density at radius 3 is 1.61 bits per heavy atom. The molecule has 0 spiro atoms. The van der Waals surface area contributed by atoms with Crippen molar-refractivity contribution >= 4 is 65.6 Å². The second-order valence-corrected chi connectivity index (χ2v) is 15.9. The van der Waals surface area contributed by atoms with E-state index in [1.807, 2.05) is 6.07 Å². The lowest BCUT2D eigenvalue weighted by Crippen LogP contribution is -2.18. The molecule has 0 aliphatic rings.